The highest BCUT2D eigenvalue weighted by atomic mass is 19.4. The van der Waals surface area contributed by atoms with Gasteiger partial charge in [0, 0.05) is 12.5 Å². The number of nitrogens with zero attached hydrogens (tertiary/aromatic N) is 1. The molecule has 1 N–H and O–H groups in total. The molecule has 0 radical (unpaired) electrons. The first-order valence-corrected chi connectivity index (χ1v) is 6.04. The third kappa shape index (κ3) is 5.16. The van der Waals surface area contributed by atoms with E-state index in [-0.39, 0.29) is 6.42 Å². The van der Waals surface area contributed by atoms with Gasteiger partial charge in [0.2, 0.25) is 0 Å². The monoisotopic (exact) mass is 238 g/mol. The second-order valence-electron chi connectivity index (χ2n) is 4.33. The third-order valence-electron chi connectivity index (χ3n) is 3.14. The van der Waals surface area contributed by atoms with Gasteiger partial charge in [0.25, 0.3) is 0 Å². The SMILES string of the molecule is CCN(CCCC(F)(F)F)C1CCNCC1. The van der Waals surface area contributed by atoms with E-state index in [0.29, 0.717) is 12.6 Å². The van der Waals surface area contributed by atoms with Crippen LogP contribution >= 0.6 is 0 Å². The number of rotatable bonds is 5. The van der Waals surface area contributed by atoms with Crippen LogP contribution in [0.1, 0.15) is 32.6 Å². The zero-order valence-electron chi connectivity index (χ0n) is 9.82. The van der Waals surface area contributed by atoms with Crippen LogP contribution in [0.3, 0.4) is 0 Å². The Bertz CT molecular complexity index is 188. The van der Waals surface area contributed by atoms with Crippen molar-refractivity contribution in [1.82, 2.24) is 10.2 Å². The zero-order valence-corrected chi connectivity index (χ0v) is 9.82. The van der Waals surface area contributed by atoms with Gasteiger partial charge in [0.15, 0.2) is 0 Å². The Morgan fingerprint density at radius 2 is 1.88 bits per heavy atom. The first-order valence-electron chi connectivity index (χ1n) is 6.04. The van der Waals surface area contributed by atoms with Crippen molar-refractivity contribution < 1.29 is 13.2 Å². The van der Waals surface area contributed by atoms with Gasteiger partial charge in [-0.2, -0.15) is 13.2 Å². The van der Waals surface area contributed by atoms with Crippen LogP contribution in [0.15, 0.2) is 0 Å². The van der Waals surface area contributed by atoms with Gasteiger partial charge < -0.3 is 10.2 Å². The number of halogens is 3. The van der Waals surface area contributed by atoms with Gasteiger partial charge in [-0.25, -0.2) is 0 Å². The first-order chi connectivity index (χ1) is 7.53. The minimum Gasteiger partial charge on any atom is -0.317 e. The van der Waals surface area contributed by atoms with Gasteiger partial charge in [0.05, 0.1) is 0 Å². The molecule has 5 heteroatoms. The Morgan fingerprint density at radius 1 is 1.25 bits per heavy atom. The van der Waals surface area contributed by atoms with E-state index in [2.05, 4.69) is 10.2 Å². The number of nitrogens with one attached hydrogen (secondary N) is 1. The minimum absolute atomic E-state index is 0.223. The highest BCUT2D eigenvalue weighted by molar-refractivity contribution is 4.77. The van der Waals surface area contributed by atoms with Crippen LogP contribution in [0.25, 0.3) is 0 Å². The van der Waals surface area contributed by atoms with Crippen molar-refractivity contribution in [3.63, 3.8) is 0 Å². The van der Waals surface area contributed by atoms with Crippen molar-refractivity contribution in [3.05, 3.63) is 0 Å². The number of hydrogen-bond acceptors (Lipinski definition) is 2. The molecule has 0 saturated carbocycles. The van der Waals surface area contributed by atoms with Crippen LogP contribution in [-0.2, 0) is 0 Å². The molecule has 1 saturated heterocycles. The summed E-state index contributed by atoms with van der Waals surface area (Å²) in [6, 6.07) is 0.472. The largest absolute Gasteiger partial charge is 0.389 e. The number of piperidine rings is 1. The molecule has 1 aliphatic rings. The predicted octanol–water partition coefficient (Wildman–Crippen LogP) is 2.40. The van der Waals surface area contributed by atoms with Gasteiger partial charge in [-0.05, 0) is 45.4 Å². The van der Waals surface area contributed by atoms with E-state index >= 15 is 0 Å². The van der Waals surface area contributed by atoms with E-state index < -0.39 is 12.6 Å². The Hall–Kier alpha value is -0.290. The van der Waals surface area contributed by atoms with Crippen molar-refractivity contribution in [3.8, 4) is 0 Å². The molecule has 0 bridgehead atoms. The van der Waals surface area contributed by atoms with Crippen molar-refractivity contribution in [2.24, 2.45) is 0 Å². The maximum atomic E-state index is 12.0. The molecular formula is C11H21F3N2. The van der Waals surface area contributed by atoms with Gasteiger partial charge >= 0.3 is 6.18 Å². The van der Waals surface area contributed by atoms with E-state index in [0.717, 1.165) is 32.5 Å². The maximum Gasteiger partial charge on any atom is 0.389 e. The van der Waals surface area contributed by atoms with E-state index in [1.807, 2.05) is 6.92 Å². The van der Waals surface area contributed by atoms with Gasteiger partial charge in [-0.3, -0.25) is 0 Å². The molecule has 0 spiro atoms. The first kappa shape index (κ1) is 13.8. The summed E-state index contributed by atoms with van der Waals surface area (Å²) in [4.78, 5) is 2.19. The van der Waals surface area contributed by atoms with Crippen molar-refractivity contribution in [1.29, 1.82) is 0 Å². The van der Waals surface area contributed by atoms with Crippen LogP contribution in [0.4, 0.5) is 13.2 Å². The Balaban J connectivity index is 2.25. The number of hydrogen-bond donors (Lipinski definition) is 1. The second-order valence-corrected chi connectivity index (χ2v) is 4.33. The van der Waals surface area contributed by atoms with Crippen LogP contribution in [0.5, 0.6) is 0 Å². The van der Waals surface area contributed by atoms with Crippen LogP contribution in [0.2, 0.25) is 0 Å². The Kier molecular flexibility index (Phi) is 5.55. The van der Waals surface area contributed by atoms with Crippen molar-refractivity contribution in [2.45, 2.75) is 44.8 Å². The molecule has 0 aromatic carbocycles. The fourth-order valence-electron chi connectivity index (χ4n) is 2.25. The van der Waals surface area contributed by atoms with Crippen molar-refractivity contribution in [2.75, 3.05) is 26.2 Å². The van der Waals surface area contributed by atoms with E-state index in [1.165, 1.54) is 0 Å². The summed E-state index contributed by atoms with van der Waals surface area (Å²) in [7, 11) is 0. The minimum atomic E-state index is -4.01. The molecule has 1 rings (SSSR count). The molecule has 0 atom stereocenters. The van der Waals surface area contributed by atoms with Gasteiger partial charge in [-0.1, -0.05) is 6.92 Å². The summed E-state index contributed by atoms with van der Waals surface area (Å²) in [6.07, 6.45) is -2.33. The van der Waals surface area contributed by atoms with Crippen molar-refractivity contribution >= 4 is 0 Å². The number of alkyl halides is 3. The highest BCUT2D eigenvalue weighted by Crippen LogP contribution is 2.22. The lowest BCUT2D eigenvalue weighted by molar-refractivity contribution is -0.136. The quantitative estimate of drug-likeness (QED) is 0.791. The summed E-state index contributed by atoms with van der Waals surface area (Å²) >= 11 is 0. The highest BCUT2D eigenvalue weighted by Gasteiger charge is 2.27. The smallest absolute Gasteiger partial charge is 0.317 e. The summed E-state index contributed by atoms with van der Waals surface area (Å²) in [6.45, 7) is 5.42. The van der Waals surface area contributed by atoms with E-state index in [1.54, 1.807) is 0 Å². The third-order valence-corrected chi connectivity index (χ3v) is 3.14. The molecule has 0 aliphatic carbocycles. The summed E-state index contributed by atoms with van der Waals surface area (Å²) < 4.78 is 36.1. The zero-order chi connectivity index (χ0) is 12.0. The standard InChI is InChI=1S/C11H21F3N2/c1-2-16(9-3-6-11(12,13)14)10-4-7-15-8-5-10/h10,15H,2-9H2,1H3. The van der Waals surface area contributed by atoms with E-state index in [4.69, 9.17) is 0 Å². The molecule has 1 fully saturated rings. The van der Waals surface area contributed by atoms with E-state index in [9.17, 15) is 13.2 Å². The lowest BCUT2D eigenvalue weighted by Crippen LogP contribution is -2.43. The molecule has 1 aliphatic heterocycles. The summed E-state index contributed by atoms with van der Waals surface area (Å²) in [5.74, 6) is 0. The van der Waals surface area contributed by atoms with Crippen LogP contribution < -0.4 is 5.32 Å². The molecule has 2 nitrogen and oxygen atoms in total. The average molecular weight is 238 g/mol. The molecule has 0 amide bonds. The molecule has 1 heterocycles. The summed E-state index contributed by atoms with van der Waals surface area (Å²) in [5.41, 5.74) is 0. The molecule has 0 unspecified atom stereocenters. The average Bonchev–Trinajstić information content (AvgIpc) is 2.24. The maximum absolute atomic E-state index is 12.0. The fraction of sp³-hybridized carbons (Fsp3) is 1.00. The van der Waals surface area contributed by atoms with Crippen LogP contribution in [0, 0.1) is 0 Å². The van der Waals surface area contributed by atoms with Crippen LogP contribution in [-0.4, -0.2) is 43.3 Å². The predicted molar refractivity (Wildman–Crippen MR) is 58.4 cm³/mol. The summed E-state index contributed by atoms with van der Waals surface area (Å²) in [5, 5.41) is 3.27. The normalized spacial score (nSPS) is 19.3. The molecule has 0 aromatic heterocycles. The molecule has 16 heavy (non-hydrogen) atoms. The lowest BCUT2D eigenvalue weighted by atomic mass is 10.0. The fourth-order valence-corrected chi connectivity index (χ4v) is 2.25. The molecule has 0 aromatic rings. The Morgan fingerprint density at radius 3 is 2.38 bits per heavy atom. The van der Waals surface area contributed by atoms with Gasteiger partial charge in [0.1, 0.15) is 0 Å². The molecular weight excluding hydrogens is 217 g/mol. The lowest BCUT2D eigenvalue weighted by Gasteiger charge is -2.33. The second kappa shape index (κ2) is 6.45. The topological polar surface area (TPSA) is 15.3 Å². The molecule has 96 valence electrons. The Labute approximate surface area is 95.2 Å². The van der Waals surface area contributed by atoms with Gasteiger partial charge in [-0.15, -0.1) is 0 Å².